The number of primary amides is 1. The lowest BCUT2D eigenvalue weighted by molar-refractivity contribution is -0.119. The first-order valence-corrected chi connectivity index (χ1v) is 8.04. The topological polar surface area (TPSA) is 85.1 Å². The Kier molecular flexibility index (Phi) is 4.75. The molecule has 0 aliphatic carbocycles. The highest BCUT2D eigenvalue weighted by molar-refractivity contribution is 5.99. The molecule has 0 radical (unpaired) electrons. The van der Waals surface area contributed by atoms with E-state index in [1.807, 2.05) is 55.5 Å². The quantitative estimate of drug-likeness (QED) is 0.752. The lowest BCUT2D eigenvalue weighted by atomic mass is 10.0. The predicted octanol–water partition coefficient (Wildman–Crippen LogP) is 2.37. The van der Waals surface area contributed by atoms with E-state index >= 15 is 0 Å². The van der Waals surface area contributed by atoms with Crippen molar-refractivity contribution in [1.82, 2.24) is 10.3 Å². The molecule has 5 nitrogen and oxygen atoms in total. The number of aryl methyl sites for hydroxylation is 1. The molecule has 3 aromatic rings. The number of rotatable bonds is 5. The zero-order chi connectivity index (χ0) is 17.8. The average Bonchev–Trinajstić information content (AvgIpc) is 2.62. The standard InChI is InChI=1S/C20H19N3O2/c1-13-6-2-3-7-14(13)11-18(19(21)24)23-20(25)16-10-15-8-4-5-9-17(15)22-12-16/h2-10,12,18H,11H2,1H3,(H2,21,24)(H,23,25)/t18-/m1/s1. The van der Waals surface area contributed by atoms with Gasteiger partial charge in [0.05, 0.1) is 11.1 Å². The van der Waals surface area contributed by atoms with Gasteiger partial charge in [-0.3, -0.25) is 14.6 Å². The number of fused-ring (bicyclic) bond motifs is 1. The van der Waals surface area contributed by atoms with Crippen molar-refractivity contribution in [3.05, 3.63) is 77.5 Å². The largest absolute Gasteiger partial charge is 0.368 e. The zero-order valence-corrected chi connectivity index (χ0v) is 13.9. The number of hydrogen-bond donors (Lipinski definition) is 2. The number of pyridine rings is 1. The van der Waals surface area contributed by atoms with Gasteiger partial charge in [0.15, 0.2) is 0 Å². The Labute approximate surface area is 145 Å². The molecule has 0 saturated carbocycles. The zero-order valence-electron chi connectivity index (χ0n) is 13.9. The highest BCUT2D eigenvalue weighted by Crippen LogP contribution is 2.14. The fraction of sp³-hybridized carbons (Fsp3) is 0.150. The van der Waals surface area contributed by atoms with Crippen LogP contribution in [0.4, 0.5) is 0 Å². The summed E-state index contributed by atoms with van der Waals surface area (Å²) in [5.74, 6) is -0.930. The number of para-hydroxylation sites is 1. The molecule has 3 N–H and O–H groups in total. The van der Waals surface area contributed by atoms with Gasteiger partial charge in [-0.05, 0) is 30.2 Å². The predicted molar refractivity (Wildman–Crippen MR) is 97.1 cm³/mol. The van der Waals surface area contributed by atoms with Crippen LogP contribution in [0.5, 0.6) is 0 Å². The maximum atomic E-state index is 12.5. The number of carbonyl (C=O) groups excluding carboxylic acids is 2. The number of nitrogens with two attached hydrogens (primary N) is 1. The Morgan fingerprint density at radius 3 is 2.60 bits per heavy atom. The summed E-state index contributed by atoms with van der Waals surface area (Å²) in [5.41, 5.74) is 8.72. The average molecular weight is 333 g/mol. The van der Waals surface area contributed by atoms with Gasteiger partial charge in [-0.25, -0.2) is 0 Å². The van der Waals surface area contributed by atoms with Crippen molar-refractivity contribution in [3.8, 4) is 0 Å². The molecule has 2 amide bonds. The molecule has 5 heteroatoms. The van der Waals surface area contributed by atoms with E-state index in [1.54, 1.807) is 6.07 Å². The number of carbonyl (C=O) groups is 2. The van der Waals surface area contributed by atoms with Crippen molar-refractivity contribution in [1.29, 1.82) is 0 Å². The Morgan fingerprint density at radius 1 is 1.12 bits per heavy atom. The fourth-order valence-corrected chi connectivity index (χ4v) is 2.72. The second kappa shape index (κ2) is 7.13. The molecular formula is C20H19N3O2. The Balaban J connectivity index is 1.80. The molecule has 0 bridgehead atoms. The van der Waals surface area contributed by atoms with Crippen molar-refractivity contribution in [3.63, 3.8) is 0 Å². The van der Waals surface area contributed by atoms with Crippen LogP contribution in [-0.4, -0.2) is 22.8 Å². The minimum atomic E-state index is -0.778. The second-order valence-electron chi connectivity index (χ2n) is 5.98. The number of amides is 2. The maximum Gasteiger partial charge on any atom is 0.253 e. The monoisotopic (exact) mass is 333 g/mol. The fourth-order valence-electron chi connectivity index (χ4n) is 2.72. The van der Waals surface area contributed by atoms with Crippen LogP contribution in [0.25, 0.3) is 10.9 Å². The van der Waals surface area contributed by atoms with E-state index in [9.17, 15) is 9.59 Å². The highest BCUT2D eigenvalue weighted by atomic mass is 16.2. The first-order chi connectivity index (χ1) is 12.0. The second-order valence-corrected chi connectivity index (χ2v) is 5.98. The summed E-state index contributed by atoms with van der Waals surface area (Å²) in [5, 5.41) is 3.59. The lowest BCUT2D eigenvalue weighted by Gasteiger charge is -2.17. The van der Waals surface area contributed by atoms with Gasteiger partial charge in [0.2, 0.25) is 5.91 Å². The minimum absolute atomic E-state index is 0.356. The highest BCUT2D eigenvalue weighted by Gasteiger charge is 2.20. The van der Waals surface area contributed by atoms with Crippen LogP contribution in [0, 0.1) is 6.92 Å². The van der Waals surface area contributed by atoms with Gasteiger partial charge in [-0.1, -0.05) is 42.5 Å². The van der Waals surface area contributed by atoms with E-state index < -0.39 is 11.9 Å². The van der Waals surface area contributed by atoms with Crippen LogP contribution in [0.15, 0.2) is 60.8 Å². The Hall–Kier alpha value is -3.21. The maximum absolute atomic E-state index is 12.5. The van der Waals surface area contributed by atoms with Crippen LogP contribution in [-0.2, 0) is 11.2 Å². The summed E-state index contributed by atoms with van der Waals surface area (Å²) in [6, 6.07) is 16.2. The number of nitrogens with zero attached hydrogens (tertiary/aromatic N) is 1. The smallest absolute Gasteiger partial charge is 0.253 e. The molecule has 2 aromatic carbocycles. The summed E-state index contributed by atoms with van der Waals surface area (Å²) in [6.07, 6.45) is 1.86. The number of aromatic nitrogens is 1. The molecule has 1 aromatic heterocycles. The van der Waals surface area contributed by atoms with Gasteiger partial charge in [0.1, 0.15) is 6.04 Å². The molecule has 25 heavy (non-hydrogen) atoms. The first-order valence-electron chi connectivity index (χ1n) is 8.04. The molecule has 0 unspecified atom stereocenters. The van der Waals surface area contributed by atoms with E-state index in [2.05, 4.69) is 10.3 Å². The third-order valence-electron chi connectivity index (χ3n) is 4.19. The Bertz CT molecular complexity index is 937. The van der Waals surface area contributed by atoms with E-state index in [0.717, 1.165) is 22.0 Å². The van der Waals surface area contributed by atoms with Crippen molar-refractivity contribution < 1.29 is 9.59 Å². The van der Waals surface area contributed by atoms with Gasteiger partial charge in [0.25, 0.3) is 5.91 Å². The van der Waals surface area contributed by atoms with Crippen LogP contribution in [0.2, 0.25) is 0 Å². The van der Waals surface area contributed by atoms with Gasteiger partial charge in [-0.15, -0.1) is 0 Å². The van der Waals surface area contributed by atoms with Crippen LogP contribution >= 0.6 is 0 Å². The minimum Gasteiger partial charge on any atom is -0.368 e. The number of nitrogens with one attached hydrogen (secondary N) is 1. The molecule has 0 spiro atoms. The third-order valence-corrected chi connectivity index (χ3v) is 4.19. The molecule has 3 rings (SSSR count). The van der Waals surface area contributed by atoms with E-state index in [-0.39, 0.29) is 5.91 Å². The Morgan fingerprint density at radius 2 is 1.84 bits per heavy atom. The van der Waals surface area contributed by atoms with Crippen LogP contribution in [0.1, 0.15) is 21.5 Å². The van der Waals surface area contributed by atoms with Gasteiger partial charge in [0, 0.05) is 18.0 Å². The molecule has 0 fully saturated rings. The van der Waals surface area contributed by atoms with E-state index in [4.69, 9.17) is 5.73 Å². The van der Waals surface area contributed by atoms with Gasteiger partial charge in [-0.2, -0.15) is 0 Å². The summed E-state index contributed by atoms with van der Waals surface area (Å²) in [4.78, 5) is 28.6. The molecule has 1 heterocycles. The van der Waals surface area contributed by atoms with Gasteiger partial charge >= 0.3 is 0 Å². The first kappa shape index (κ1) is 16.6. The molecule has 0 aliphatic rings. The van der Waals surface area contributed by atoms with Gasteiger partial charge < -0.3 is 11.1 Å². The molecule has 0 aliphatic heterocycles. The lowest BCUT2D eigenvalue weighted by Crippen LogP contribution is -2.46. The van der Waals surface area contributed by atoms with Crippen LogP contribution in [0.3, 0.4) is 0 Å². The van der Waals surface area contributed by atoms with Crippen molar-refractivity contribution in [2.24, 2.45) is 5.73 Å². The van der Waals surface area contributed by atoms with Crippen molar-refractivity contribution in [2.45, 2.75) is 19.4 Å². The molecule has 1 atom stereocenters. The number of hydrogen-bond acceptors (Lipinski definition) is 3. The van der Waals surface area contributed by atoms with Crippen molar-refractivity contribution >= 4 is 22.7 Å². The van der Waals surface area contributed by atoms with Crippen molar-refractivity contribution in [2.75, 3.05) is 0 Å². The van der Waals surface area contributed by atoms with E-state index in [0.29, 0.717) is 12.0 Å². The summed E-state index contributed by atoms with van der Waals surface area (Å²) >= 11 is 0. The molecular weight excluding hydrogens is 314 g/mol. The van der Waals surface area contributed by atoms with Crippen LogP contribution < -0.4 is 11.1 Å². The summed E-state index contributed by atoms with van der Waals surface area (Å²) < 4.78 is 0. The molecule has 126 valence electrons. The SMILES string of the molecule is Cc1ccccc1C[C@@H](NC(=O)c1cnc2ccccc2c1)C(N)=O. The van der Waals surface area contributed by atoms with E-state index in [1.165, 1.54) is 6.20 Å². The summed E-state index contributed by atoms with van der Waals surface area (Å²) in [7, 11) is 0. The number of benzene rings is 2. The normalized spacial score (nSPS) is 11.9. The summed E-state index contributed by atoms with van der Waals surface area (Å²) in [6.45, 7) is 1.96. The molecule has 0 saturated heterocycles. The third kappa shape index (κ3) is 3.83.